The van der Waals surface area contributed by atoms with Crippen LogP contribution in [0.3, 0.4) is 0 Å². The van der Waals surface area contributed by atoms with Crippen LogP contribution in [0.25, 0.3) is 10.9 Å². The second-order valence-electron chi connectivity index (χ2n) is 8.74. The van der Waals surface area contributed by atoms with Crippen LogP contribution in [0.1, 0.15) is 24.6 Å². The predicted octanol–water partition coefficient (Wildman–Crippen LogP) is -0.963. The number of hydrogen-bond acceptors (Lipinski definition) is 7. The van der Waals surface area contributed by atoms with E-state index in [9.17, 15) is 29.1 Å². The number of rotatable bonds is 13. The van der Waals surface area contributed by atoms with Crippen molar-refractivity contribution in [1.82, 2.24) is 30.9 Å². The number of imidazole rings is 1. The van der Waals surface area contributed by atoms with Crippen molar-refractivity contribution < 1.29 is 34.2 Å². The molecule has 3 aromatic rings. The molecular weight excluding hydrogens is 498 g/mol. The lowest BCUT2D eigenvalue weighted by Crippen LogP contribution is -2.58. The van der Waals surface area contributed by atoms with Crippen molar-refractivity contribution in [2.45, 2.75) is 50.4 Å². The molecule has 38 heavy (non-hydrogen) atoms. The summed E-state index contributed by atoms with van der Waals surface area (Å²) in [7, 11) is 0. The number of carbonyl (C=O) groups is 5. The Kier molecular flexibility index (Phi) is 9.16. The highest BCUT2D eigenvalue weighted by Crippen LogP contribution is 2.19. The summed E-state index contributed by atoms with van der Waals surface area (Å²) in [6.45, 7) is 1.29. The largest absolute Gasteiger partial charge is 0.481 e. The molecule has 9 N–H and O–H groups in total. The zero-order chi connectivity index (χ0) is 27.8. The number of aromatic nitrogens is 3. The molecule has 4 unspecified atom stereocenters. The number of aliphatic carboxylic acids is 2. The highest BCUT2D eigenvalue weighted by molar-refractivity contribution is 5.95. The van der Waals surface area contributed by atoms with Gasteiger partial charge in [0.2, 0.25) is 17.7 Å². The molecule has 0 aliphatic rings. The van der Waals surface area contributed by atoms with Crippen LogP contribution in [-0.4, -0.2) is 79.0 Å². The minimum atomic E-state index is -1.41. The van der Waals surface area contributed by atoms with Gasteiger partial charge in [0.05, 0.1) is 18.8 Å². The first-order chi connectivity index (χ1) is 18.0. The van der Waals surface area contributed by atoms with E-state index in [0.29, 0.717) is 11.3 Å². The summed E-state index contributed by atoms with van der Waals surface area (Å²) in [4.78, 5) is 71.0. The predicted molar refractivity (Wildman–Crippen MR) is 134 cm³/mol. The third kappa shape index (κ3) is 7.39. The van der Waals surface area contributed by atoms with E-state index in [1.54, 1.807) is 6.20 Å². The van der Waals surface area contributed by atoms with Crippen LogP contribution in [0.15, 0.2) is 43.0 Å². The Labute approximate surface area is 216 Å². The molecule has 2 heterocycles. The van der Waals surface area contributed by atoms with Gasteiger partial charge in [0.25, 0.3) is 0 Å². The second-order valence-corrected chi connectivity index (χ2v) is 8.74. The first-order valence-electron chi connectivity index (χ1n) is 11.7. The smallest absolute Gasteiger partial charge is 0.325 e. The van der Waals surface area contributed by atoms with Crippen LogP contribution in [-0.2, 0) is 36.8 Å². The van der Waals surface area contributed by atoms with Gasteiger partial charge in [-0.3, -0.25) is 24.0 Å². The molecule has 3 amide bonds. The van der Waals surface area contributed by atoms with Gasteiger partial charge in [-0.2, -0.15) is 0 Å². The van der Waals surface area contributed by atoms with Crippen LogP contribution in [0, 0.1) is 0 Å². The van der Waals surface area contributed by atoms with Crippen molar-refractivity contribution >= 4 is 40.6 Å². The SMILES string of the molecule is CC(NC(=O)C(Cc1c[nH]c2ccccc12)NC(=O)C(Cc1cnc[nH]1)NC(=O)C(N)CC(=O)O)C(=O)O. The highest BCUT2D eigenvalue weighted by Gasteiger charge is 2.31. The van der Waals surface area contributed by atoms with Crippen molar-refractivity contribution in [2.75, 3.05) is 0 Å². The van der Waals surface area contributed by atoms with Gasteiger partial charge in [0.1, 0.15) is 18.1 Å². The minimum absolute atomic E-state index is 0.0111. The van der Waals surface area contributed by atoms with E-state index in [0.717, 1.165) is 10.9 Å². The standard InChI is InChI=1S/C24H29N7O7/c1-12(24(37)38)29-22(35)18(6-13-9-27-17-5-3-2-4-15(13)17)31-23(36)19(7-14-10-26-11-28-14)30-21(34)16(25)8-20(32)33/h2-5,9-12,16,18-19,27H,6-8,25H2,1H3,(H,26,28)(H,29,35)(H,30,34)(H,31,36)(H,32,33)(H,37,38). The Morgan fingerprint density at radius 3 is 2.26 bits per heavy atom. The van der Waals surface area contributed by atoms with Crippen LogP contribution >= 0.6 is 0 Å². The second kappa shape index (κ2) is 12.5. The Bertz CT molecular complexity index is 1300. The molecule has 14 nitrogen and oxygen atoms in total. The van der Waals surface area contributed by atoms with Crippen LogP contribution in [0.2, 0.25) is 0 Å². The third-order valence-electron chi connectivity index (χ3n) is 5.80. The fourth-order valence-electron chi connectivity index (χ4n) is 3.76. The number of nitrogens with two attached hydrogens (primary N) is 1. The molecule has 0 aliphatic heterocycles. The Balaban J connectivity index is 1.85. The van der Waals surface area contributed by atoms with Gasteiger partial charge in [0.15, 0.2) is 0 Å². The molecule has 0 aliphatic carbocycles. The number of para-hydroxylation sites is 1. The lowest BCUT2D eigenvalue weighted by molar-refractivity contribution is -0.141. The number of carbonyl (C=O) groups excluding carboxylic acids is 3. The number of amides is 3. The first-order valence-corrected chi connectivity index (χ1v) is 11.7. The van der Waals surface area contributed by atoms with Gasteiger partial charge >= 0.3 is 11.9 Å². The topological polar surface area (TPSA) is 232 Å². The van der Waals surface area contributed by atoms with Crippen LogP contribution in [0.4, 0.5) is 0 Å². The lowest BCUT2D eigenvalue weighted by Gasteiger charge is -2.24. The number of benzene rings is 1. The van der Waals surface area contributed by atoms with E-state index in [2.05, 4.69) is 30.9 Å². The van der Waals surface area contributed by atoms with E-state index in [1.807, 2.05) is 24.3 Å². The molecule has 0 spiro atoms. The molecule has 0 saturated carbocycles. The number of fused-ring (bicyclic) bond motifs is 1. The summed E-state index contributed by atoms with van der Waals surface area (Å²) in [6.07, 6.45) is 3.80. The molecule has 14 heteroatoms. The average molecular weight is 528 g/mol. The monoisotopic (exact) mass is 527 g/mol. The van der Waals surface area contributed by atoms with Gasteiger partial charge in [-0.05, 0) is 18.6 Å². The summed E-state index contributed by atoms with van der Waals surface area (Å²) in [5.74, 6) is -4.92. The normalized spacial score (nSPS) is 14.2. The molecular formula is C24H29N7O7. The summed E-state index contributed by atoms with van der Waals surface area (Å²) >= 11 is 0. The number of aromatic amines is 2. The van der Waals surface area contributed by atoms with Crippen molar-refractivity contribution in [1.29, 1.82) is 0 Å². The fraction of sp³-hybridized carbons (Fsp3) is 0.333. The third-order valence-corrected chi connectivity index (χ3v) is 5.80. The van der Waals surface area contributed by atoms with Gasteiger partial charge in [-0.25, -0.2) is 4.98 Å². The van der Waals surface area contributed by atoms with Crippen LogP contribution < -0.4 is 21.7 Å². The number of carboxylic acids is 2. The highest BCUT2D eigenvalue weighted by atomic mass is 16.4. The van der Waals surface area contributed by atoms with E-state index in [4.69, 9.17) is 10.8 Å². The summed E-state index contributed by atoms with van der Waals surface area (Å²) < 4.78 is 0. The average Bonchev–Trinajstić information content (AvgIpc) is 3.52. The van der Waals surface area contributed by atoms with E-state index >= 15 is 0 Å². The molecule has 0 saturated heterocycles. The fourth-order valence-corrected chi connectivity index (χ4v) is 3.76. The number of nitrogens with one attached hydrogen (secondary N) is 5. The molecule has 3 rings (SSSR count). The first kappa shape index (κ1) is 27.9. The van der Waals surface area contributed by atoms with Gasteiger partial charge in [-0.15, -0.1) is 0 Å². The Hall–Kier alpha value is -4.72. The minimum Gasteiger partial charge on any atom is -0.481 e. The van der Waals surface area contributed by atoms with E-state index in [1.165, 1.54) is 19.4 Å². The maximum absolute atomic E-state index is 13.4. The molecule has 2 aromatic heterocycles. The maximum Gasteiger partial charge on any atom is 0.325 e. The zero-order valence-corrected chi connectivity index (χ0v) is 20.4. The molecule has 0 fully saturated rings. The van der Waals surface area contributed by atoms with Crippen molar-refractivity contribution in [3.05, 3.63) is 54.2 Å². The number of nitrogens with zero attached hydrogens (tertiary/aromatic N) is 1. The van der Waals surface area contributed by atoms with Gasteiger partial charge in [0, 0.05) is 41.8 Å². The van der Waals surface area contributed by atoms with Crippen molar-refractivity contribution in [2.24, 2.45) is 5.73 Å². The quantitative estimate of drug-likeness (QED) is 0.136. The Morgan fingerprint density at radius 2 is 1.61 bits per heavy atom. The molecule has 202 valence electrons. The summed E-state index contributed by atoms with van der Waals surface area (Å²) in [5.41, 5.74) is 7.63. The molecule has 0 radical (unpaired) electrons. The van der Waals surface area contributed by atoms with E-state index < -0.39 is 60.2 Å². The molecule has 0 bridgehead atoms. The summed E-state index contributed by atoms with van der Waals surface area (Å²) in [5, 5.41) is 26.4. The molecule has 1 aromatic carbocycles. The van der Waals surface area contributed by atoms with Crippen molar-refractivity contribution in [3.63, 3.8) is 0 Å². The zero-order valence-electron chi connectivity index (χ0n) is 20.4. The Morgan fingerprint density at radius 1 is 0.947 bits per heavy atom. The number of hydrogen-bond donors (Lipinski definition) is 8. The summed E-state index contributed by atoms with van der Waals surface area (Å²) in [6, 6.07) is 2.23. The van der Waals surface area contributed by atoms with E-state index in [-0.39, 0.29) is 12.8 Å². The maximum atomic E-state index is 13.4. The molecule has 4 atom stereocenters. The van der Waals surface area contributed by atoms with Crippen LogP contribution in [0.5, 0.6) is 0 Å². The van der Waals surface area contributed by atoms with Crippen molar-refractivity contribution in [3.8, 4) is 0 Å². The van der Waals surface area contributed by atoms with Gasteiger partial charge in [-0.1, -0.05) is 18.2 Å². The number of carboxylic acid groups (broad SMARTS) is 2. The van der Waals surface area contributed by atoms with Gasteiger partial charge < -0.3 is 41.9 Å². The number of H-pyrrole nitrogens is 2. The lowest BCUT2D eigenvalue weighted by atomic mass is 10.0.